The number of amides is 1. The molecule has 0 unspecified atom stereocenters. The van der Waals surface area contributed by atoms with Crippen LogP contribution >= 0.6 is 0 Å². The second-order valence-electron chi connectivity index (χ2n) is 3.95. The van der Waals surface area contributed by atoms with Crippen LogP contribution in [0.1, 0.15) is 10.4 Å². The maximum absolute atomic E-state index is 12.2. The number of carbonyl (C=O) groups excluding carboxylic acids is 1. The SMILES string of the molecule is CN(C(=O)c1ccc([B]O)cc1)c1ccccc1. The van der Waals surface area contributed by atoms with E-state index in [1.165, 1.54) is 0 Å². The summed E-state index contributed by atoms with van der Waals surface area (Å²) >= 11 is 0. The minimum absolute atomic E-state index is 0.0781. The van der Waals surface area contributed by atoms with Gasteiger partial charge in [-0.25, -0.2) is 0 Å². The van der Waals surface area contributed by atoms with Crippen LogP contribution in [0.3, 0.4) is 0 Å². The lowest BCUT2D eigenvalue weighted by atomic mass is 9.88. The summed E-state index contributed by atoms with van der Waals surface area (Å²) < 4.78 is 0. The number of anilines is 1. The number of benzene rings is 2. The fourth-order valence-electron chi connectivity index (χ4n) is 1.67. The van der Waals surface area contributed by atoms with Crippen molar-refractivity contribution in [2.75, 3.05) is 11.9 Å². The Bertz CT molecular complexity index is 525. The van der Waals surface area contributed by atoms with E-state index in [1.807, 2.05) is 30.3 Å². The van der Waals surface area contributed by atoms with E-state index in [0.717, 1.165) is 13.2 Å². The van der Waals surface area contributed by atoms with Crippen molar-refractivity contribution in [3.8, 4) is 0 Å². The first-order valence-electron chi connectivity index (χ1n) is 5.63. The van der Waals surface area contributed by atoms with Crippen LogP contribution in [0.5, 0.6) is 0 Å². The summed E-state index contributed by atoms with van der Waals surface area (Å²) in [4.78, 5) is 13.8. The molecule has 0 aliphatic heterocycles. The van der Waals surface area contributed by atoms with Gasteiger partial charge in [-0.3, -0.25) is 4.79 Å². The van der Waals surface area contributed by atoms with Gasteiger partial charge in [0, 0.05) is 18.3 Å². The minimum atomic E-state index is -0.0781. The molecule has 0 atom stereocenters. The van der Waals surface area contributed by atoms with E-state index in [1.54, 1.807) is 36.2 Å². The van der Waals surface area contributed by atoms with E-state index < -0.39 is 0 Å². The summed E-state index contributed by atoms with van der Waals surface area (Å²) in [5.74, 6) is -0.0781. The molecule has 0 saturated carbocycles. The first kappa shape index (κ1) is 12.4. The molecule has 3 nitrogen and oxygen atoms in total. The summed E-state index contributed by atoms with van der Waals surface area (Å²) in [6, 6.07) is 16.3. The topological polar surface area (TPSA) is 40.5 Å². The van der Waals surface area contributed by atoms with E-state index in [-0.39, 0.29) is 5.91 Å². The third-order valence-electron chi connectivity index (χ3n) is 2.75. The normalized spacial score (nSPS) is 9.89. The van der Waals surface area contributed by atoms with Gasteiger partial charge >= 0.3 is 7.48 Å². The van der Waals surface area contributed by atoms with Crippen LogP contribution in [0.25, 0.3) is 0 Å². The van der Waals surface area contributed by atoms with Crippen molar-refractivity contribution in [3.05, 3.63) is 60.2 Å². The van der Waals surface area contributed by atoms with Crippen molar-refractivity contribution in [3.63, 3.8) is 0 Å². The third kappa shape index (κ3) is 2.60. The van der Waals surface area contributed by atoms with Gasteiger partial charge in [0.25, 0.3) is 5.91 Å². The standard InChI is InChI=1S/C14H13BNO2/c1-16(13-5-3-2-4-6-13)14(17)11-7-9-12(15-18)10-8-11/h2-10,18H,1H3. The lowest BCUT2D eigenvalue weighted by Crippen LogP contribution is -2.26. The molecule has 0 saturated heterocycles. The molecule has 18 heavy (non-hydrogen) atoms. The number of rotatable bonds is 3. The van der Waals surface area contributed by atoms with Gasteiger partial charge in [0.15, 0.2) is 0 Å². The van der Waals surface area contributed by atoms with Crippen molar-refractivity contribution in [2.45, 2.75) is 0 Å². The van der Waals surface area contributed by atoms with Crippen molar-refractivity contribution >= 4 is 24.5 Å². The first-order valence-corrected chi connectivity index (χ1v) is 5.63. The van der Waals surface area contributed by atoms with Crippen molar-refractivity contribution in [1.82, 2.24) is 0 Å². The van der Waals surface area contributed by atoms with Gasteiger partial charge in [0.05, 0.1) is 0 Å². The molecule has 0 aliphatic rings. The molecular weight excluding hydrogens is 225 g/mol. The minimum Gasteiger partial charge on any atom is -0.450 e. The predicted octanol–water partition coefficient (Wildman–Crippen LogP) is 1.20. The highest BCUT2D eigenvalue weighted by molar-refractivity contribution is 6.45. The van der Waals surface area contributed by atoms with Crippen LogP contribution < -0.4 is 10.4 Å². The average molecular weight is 238 g/mol. The van der Waals surface area contributed by atoms with Crippen LogP contribution in [0.4, 0.5) is 5.69 Å². The maximum Gasteiger partial charge on any atom is 0.326 e. The van der Waals surface area contributed by atoms with E-state index in [4.69, 9.17) is 5.02 Å². The molecule has 2 rings (SSSR count). The zero-order valence-electron chi connectivity index (χ0n) is 10.1. The smallest absolute Gasteiger partial charge is 0.326 e. The second kappa shape index (κ2) is 5.51. The molecule has 2 aromatic carbocycles. The van der Waals surface area contributed by atoms with E-state index in [0.29, 0.717) is 11.0 Å². The van der Waals surface area contributed by atoms with Crippen LogP contribution in [-0.2, 0) is 0 Å². The van der Waals surface area contributed by atoms with Gasteiger partial charge in [-0.05, 0) is 24.3 Å². The Kier molecular flexibility index (Phi) is 3.80. The lowest BCUT2D eigenvalue weighted by molar-refractivity contribution is 0.0993. The molecule has 2 aromatic rings. The van der Waals surface area contributed by atoms with E-state index in [2.05, 4.69) is 0 Å². The number of para-hydroxylation sites is 1. The number of hydrogen-bond acceptors (Lipinski definition) is 2. The van der Waals surface area contributed by atoms with E-state index >= 15 is 0 Å². The Morgan fingerprint density at radius 1 is 1.06 bits per heavy atom. The summed E-state index contributed by atoms with van der Waals surface area (Å²) in [6.45, 7) is 0. The third-order valence-corrected chi connectivity index (χ3v) is 2.75. The molecule has 1 radical (unpaired) electrons. The molecule has 0 bridgehead atoms. The van der Waals surface area contributed by atoms with E-state index in [9.17, 15) is 4.79 Å². The number of hydrogen-bond donors (Lipinski definition) is 1. The van der Waals surface area contributed by atoms with Gasteiger partial charge in [0.2, 0.25) is 0 Å². The largest absolute Gasteiger partial charge is 0.450 e. The highest BCUT2D eigenvalue weighted by Crippen LogP contribution is 2.14. The molecule has 0 spiro atoms. The van der Waals surface area contributed by atoms with Crippen molar-refractivity contribution in [2.24, 2.45) is 0 Å². The highest BCUT2D eigenvalue weighted by atomic mass is 16.2. The van der Waals surface area contributed by atoms with Crippen LogP contribution in [0.15, 0.2) is 54.6 Å². The quantitative estimate of drug-likeness (QED) is 0.816. The van der Waals surface area contributed by atoms with Crippen molar-refractivity contribution < 1.29 is 9.82 Å². The first-order chi connectivity index (χ1) is 8.72. The lowest BCUT2D eigenvalue weighted by Gasteiger charge is -2.17. The fraction of sp³-hybridized carbons (Fsp3) is 0.0714. The second-order valence-corrected chi connectivity index (χ2v) is 3.95. The number of nitrogens with zero attached hydrogens (tertiary/aromatic N) is 1. The Labute approximate surface area is 107 Å². The maximum atomic E-state index is 12.2. The van der Waals surface area contributed by atoms with Gasteiger partial charge in [0.1, 0.15) is 0 Å². The zero-order chi connectivity index (χ0) is 13.0. The molecule has 0 aromatic heterocycles. The fourth-order valence-corrected chi connectivity index (χ4v) is 1.67. The van der Waals surface area contributed by atoms with Gasteiger partial charge in [-0.15, -0.1) is 0 Å². The Balaban J connectivity index is 2.20. The molecule has 0 aliphatic carbocycles. The average Bonchev–Trinajstić information content (AvgIpc) is 2.47. The molecule has 1 N–H and O–H groups in total. The summed E-state index contributed by atoms with van der Waals surface area (Å²) in [5, 5.41) is 8.83. The molecule has 1 amide bonds. The molecule has 0 heterocycles. The van der Waals surface area contributed by atoms with Crippen molar-refractivity contribution in [1.29, 1.82) is 0 Å². The highest BCUT2D eigenvalue weighted by Gasteiger charge is 2.12. The monoisotopic (exact) mass is 238 g/mol. The molecule has 4 heteroatoms. The van der Waals surface area contributed by atoms with Crippen LogP contribution in [-0.4, -0.2) is 25.5 Å². The molecule has 0 fully saturated rings. The predicted molar refractivity (Wildman–Crippen MR) is 73.2 cm³/mol. The summed E-state index contributed by atoms with van der Waals surface area (Å²) in [7, 11) is 2.75. The van der Waals surface area contributed by atoms with Gasteiger partial charge in [-0.2, -0.15) is 0 Å². The number of carbonyl (C=O) groups is 1. The zero-order valence-corrected chi connectivity index (χ0v) is 10.1. The summed E-state index contributed by atoms with van der Waals surface area (Å²) in [5.41, 5.74) is 2.11. The van der Waals surface area contributed by atoms with Crippen LogP contribution in [0, 0.1) is 0 Å². The molecule has 89 valence electrons. The Morgan fingerprint density at radius 3 is 2.22 bits per heavy atom. The Hall–Kier alpha value is -2.07. The van der Waals surface area contributed by atoms with Gasteiger partial charge < -0.3 is 9.92 Å². The molecular formula is C14H13BNO2. The van der Waals surface area contributed by atoms with Gasteiger partial charge in [-0.1, -0.05) is 35.8 Å². The Morgan fingerprint density at radius 2 is 1.67 bits per heavy atom. The van der Waals surface area contributed by atoms with Crippen LogP contribution in [0.2, 0.25) is 0 Å². The summed E-state index contributed by atoms with van der Waals surface area (Å²) in [6.07, 6.45) is 0.